The monoisotopic (exact) mass is 437 g/mol. The number of carboxylic acid groups (broad SMARTS) is 3. The van der Waals surface area contributed by atoms with E-state index in [-0.39, 0.29) is 25.2 Å². The molecule has 0 aliphatic carbocycles. The molecule has 0 saturated heterocycles. The molecule has 0 aliphatic rings. The van der Waals surface area contributed by atoms with Crippen molar-refractivity contribution in [2.45, 2.75) is 51.1 Å². The highest BCUT2D eigenvalue weighted by molar-refractivity contribution is 5.86. The number of rotatable bonds is 13. The standard InChI is InChI=1S/C20H27N3O8/c1-12-3-2-4-13(11-12)9-10-21-16(24)7-5-14(18(27)28)22-20(31)23-15(19(29)30)6-8-17(25)26/h2-4,11,14-15H,5-10H2,1H3,(H,21,24)(H,25,26)(H,27,28)(H,29,30)(H2,22,23,31)/t14-,15-/m0/s1. The molecular weight excluding hydrogens is 410 g/mol. The highest BCUT2D eigenvalue weighted by Crippen LogP contribution is 2.05. The molecule has 11 nitrogen and oxygen atoms in total. The Morgan fingerprint density at radius 3 is 2.00 bits per heavy atom. The van der Waals surface area contributed by atoms with E-state index in [0.29, 0.717) is 13.0 Å². The van der Waals surface area contributed by atoms with Crippen LogP contribution in [-0.4, -0.2) is 63.8 Å². The highest BCUT2D eigenvalue weighted by atomic mass is 16.4. The van der Waals surface area contributed by atoms with E-state index in [1.165, 1.54) is 0 Å². The van der Waals surface area contributed by atoms with Crippen molar-refractivity contribution in [3.8, 4) is 0 Å². The van der Waals surface area contributed by atoms with Gasteiger partial charge in [0.15, 0.2) is 0 Å². The summed E-state index contributed by atoms with van der Waals surface area (Å²) in [4.78, 5) is 56.9. The molecule has 6 N–H and O–H groups in total. The van der Waals surface area contributed by atoms with Crippen LogP contribution in [0.4, 0.5) is 4.79 Å². The van der Waals surface area contributed by atoms with Gasteiger partial charge in [-0.3, -0.25) is 9.59 Å². The molecule has 0 unspecified atom stereocenters. The Morgan fingerprint density at radius 2 is 1.48 bits per heavy atom. The molecule has 1 aromatic rings. The molecule has 0 aromatic heterocycles. The number of hydrogen-bond donors (Lipinski definition) is 6. The summed E-state index contributed by atoms with van der Waals surface area (Å²) in [6.45, 7) is 2.33. The lowest BCUT2D eigenvalue weighted by molar-refractivity contribution is -0.141. The SMILES string of the molecule is Cc1cccc(CCNC(=O)CC[C@H](NC(=O)N[C@@H](CCC(=O)O)C(=O)O)C(=O)O)c1. The summed E-state index contributed by atoms with van der Waals surface area (Å²) in [6.07, 6.45) is -0.594. The molecule has 0 fully saturated rings. The number of hydrogen-bond acceptors (Lipinski definition) is 5. The third-order valence-electron chi connectivity index (χ3n) is 4.33. The lowest BCUT2D eigenvalue weighted by Gasteiger charge is -2.18. The molecule has 0 radical (unpaired) electrons. The molecule has 1 rings (SSSR count). The van der Waals surface area contributed by atoms with E-state index in [9.17, 15) is 29.1 Å². The van der Waals surface area contributed by atoms with Crippen LogP contribution >= 0.6 is 0 Å². The number of nitrogens with one attached hydrogen (secondary N) is 3. The Balaban J connectivity index is 2.45. The van der Waals surface area contributed by atoms with Crippen molar-refractivity contribution in [3.63, 3.8) is 0 Å². The van der Waals surface area contributed by atoms with Gasteiger partial charge in [-0.25, -0.2) is 14.4 Å². The summed E-state index contributed by atoms with van der Waals surface area (Å²) in [7, 11) is 0. The lowest BCUT2D eigenvalue weighted by atomic mass is 10.1. The van der Waals surface area contributed by atoms with Crippen molar-refractivity contribution >= 4 is 29.8 Å². The van der Waals surface area contributed by atoms with Crippen molar-refractivity contribution < 1.29 is 39.3 Å². The molecule has 1 aromatic carbocycles. The summed E-state index contributed by atoms with van der Waals surface area (Å²) in [5.41, 5.74) is 2.16. The lowest BCUT2D eigenvalue weighted by Crippen LogP contribution is -2.51. The second-order valence-corrected chi connectivity index (χ2v) is 6.96. The van der Waals surface area contributed by atoms with E-state index in [4.69, 9.17) is 10.2 Å². The Bertz CT molecular complexity index is 811. The predicted molar refractivity (Wildman–Crippen MR) is 109 cm³/mol. The largest absolute Gasteiger partial charge is 0.481 e. The Labute approximate surface area is 178 Å². The van der Waals surface area contributed by atoms with Gasteiger partial charge in [-0.15, -0.1) is 0 Å². The van der Waals surface area contributed by atoms with Crippen LogP contribution in [0.2, 0.25) is 0 Å². The van der Waals surface area contributed by atoms with E-state index in [1.807, 2.05) is 36.5 Å². The summed E-state index contributed by atoms with van der Waals surface area (Å²) in [6, 6.07) is 3.81. The van der Waals surface area contributed by atoms with Crippen LogP contribution in [0, 0.1) is 6.92 Å². The van der Waals surface area contributed by atoms with Gasteiger partial charge in [0.05, 0.1) is 0 Å². The van der Waals surface area contributed by atoms with Gasteiger partial charge in [0.2, 0.25) is 5.91 Å². The number of urea groups is 1. The van der Waals surface area contributed by atoms with Gasteiger partial charge in [-0.2, -0.15) is 0 Å². The average Bonchev–Trinajstić information content (AvgIpc) is 2.67. The molecule has 31 heavy (non-hydrogen) atoms. The number of carbonyl (C=O) groups is 5. The summed E-state index contributed by atoms with van der Waals surface area (Å²) >= 11 is 0. The first kappa shape index (κ1) is 25.4. The van der Waals surface area contributed by atoms with Crippen LogP contribution in [0.5, 0.6) is 0 Å². The van der Waals surface area contributed by atoms with Gasteiger partial charge in [0.25, 0.3) is 0 Å². The second-order valence-electron chi connectivity index (χ2n) is 6.96. The van der Waals surface area contributed by atoms with Crippen molar-refractivity contribution in [2.75, 3.05) is 6.54 Å². The summed E-state index contributed by atoms with van der Waals surface area (Å²) in [5, 5.41) is 33.7. The van der Waals surface area contributed by atoms with Crippen molar-refractivity contribution in [3.05, 3.63) is 35.4 Å². The minimum atomic E-state index is -1.49. The van der Waals surface area contributed by atoms with Crippen LogP contribution in [0.25, 0.3) is 0 Å². The fourth-order valence-electron chi connectivity index (χ4n) is 2.72. The molecule has 170 valence electrons. The van der Waals surface area contributed by atoms with Crippen molar-refractivity contribution in [1.82, 2.24) is 16.0 Å². The minimum Gasteiger partial charge on any atom is -0.481 e. The molecule has 3 amide bonds. The molecule has 0 heterocycles. The maximum atomic E-state index is 12.0. The van der Waals surface area contributed by atoms with Crippen LogP contribution in [0.1, 0.15) is 36.8 Å². The Hall–Kier alpha value is -3.63. The van der Waals surface area contributed by atoms with Crippen LogP contribution in [0.3, 0.4) is 0 Å². The predicted octanol–water partition coefficient (Wildman–Crippen LogP) is 0.504. The number of carboxylic acids is 3. The number of aliphatic carboxylic acids is 3. The zero-order valence-corrected chi connectivity index (χ0v) is 17.1. The smallest absolute Gasteiger partial charge is 0.326 e. The van der Waals surface area contributed by atoms with E-state index in [0.717, 1.165) is 11.1 Å². The Kier molecular flexibility index (Phi) is 10.5. The zero-order chi connectivity index (χ0) is 23.4. The maximum absolute atomic E-state index is 12.0. The van der Waals surface area contributed by atoms with E-state index < -0.39 is 42.4 Å². The number of carbonyl (C=O) groups excluding carboxylic acids is 2. The maximum Gasteiger partial charge on any atom is 0.326 e. The number of amides is 3. The van der Waals surface area contributed by atoms with Crippen LogP contribution in [-0.2, 0) is 25.6 Å². The quantitative estimate of drug-likeness (QED) is 0.258. The second kappa shape index (κ2) is 12.8. The molecule has 0 spiro atoms. The minimum absolute atomic E-state index is 0.160. The summed E-state index contributed by atoms with van der Waals surface area (Å²) < 4.78 is 0. The van der Waals surface area contributed by atoms with Gasteiger partial charge in [-0.05, 0) is 31.7 Å². The molecule has 0 bridgehead atoms. The number of benzene rings is 1. The normalized spacial score (nSPS) is 12.3. The van der Waals surface area contributed by atoms with Gasteiger partial charge in [-0.1, -0.05) is 29.8 Å². The van der Waals surface area contributed by atoms with E-state index in [2.05, 4.69) is 10.6 Å². The average molecular weight is 437 g/mol. The van der Waals surface area contributed by atoms with Gasteiger partial charge in [0.1, 0.15) is 12.1 Å². The molecule has 0 aliphatic heterocycles. The van der Waals surface area contributed by atoms with Crippen LogP contribution in [0.15, 0.2) is 24.3 Å². The Morgan fingerprint density at radius 1 is 0.903 bits per heavy atom. The molecule has 0 saturated carbocycles. The number of aryl methyl sites for hydroxylation is 1. The zero-order valence-electron chi connectivity index (χ0n) is 17.1. The highest BCUT2D eigenvalue weighted by Gasteiger charge is 2.25. The first-order chi connectivity index (χ1) is 14.6. The van der Waals surface area contributed by atoms with E-state index >= 15 is 0 Å². The first-order valence-corrected chi connectivity index (χ1v) is 9.65. The molecular formula is C20H27N3O8. The third-order valence-corrected chi connectivity index (χ3v) is 4.33. The third kappa shape index (κ3) is 10.6. The van der Waals surface area contributed by atoms with Gasteiger partial charge >= 0.3 is 23.9 Å². The van der Waals surface area contributed by atoms with Gasteiger partial charge < -0.3 is 31.3 Å². The van der Waals surface area contributed by atoms with Crippen LogP contribution < -0.4 is 16.0 Å². The van der Waals surface area contributed by atoms with Crippen molar-refractivity contribution in [2.24, 2.45) is 0 Å². The van der Waals surface area contributed by atoms with Crippen molar-refractivity contribution in [1.29, 1.82) is 0 Å². The topological polar surface area (TPSA) is 182 Å². The molecule has 2 atom stereocenters. The summed E-state index contributed by atoms with van der Waals surface area (Å²) in [5.74, 6) is -4.45. The fourth-order valence-corrected chi connectivity index (χ4v) is 2.72. The first-order valence-electron chi connectivity index (χ1n) is 9.65. The fraction of sp³-hybridized carbons (Fsp3) is 0.450. The van der Waals surface area contributed by atoms with Gasteiger partial charge in [0, 0.05) is 19.4 Å². The molecule has 11 heteroatoms. The van der Waals surface area contributed by atoms with E-state index in [1.54, 1.807) is 0 Å².